The molecule has 26 heavy (non-hydrogen) atoms. The predicted molar refractivity (Wildman–Crippen MR) is 90.8 cm³/mol. The molecule has 1 unspecified atom stereocenters. The molecule has 8 nitrogen and oxygen atoms in total. The first-order chi connectivity index (χ1) is 12.6. The van der Waals surface area contributed by atoms with Gasteiger partial charge in [0.2, 0.25) is 5.43 Å². The standard InChI is InChI=1S/C18H17N3O5/c19-17(23)12-8-20-9-13-21(6-7-25-13)18(24)14(20)16(15(12)22)26-10-11-4-2-1-3-5-11/h1-5,8,13H,6-7,9-10H2,(H2,19,23). The predicted octanol–water partition coefficient (Wildman–Crippen LogP) is 0.338. The van der Waals surface area contributed by atoms with E-state index >= 15 is 0 Å². The Balaban J connectivity index is 1.80. The Kier molecular flexibility index (Phi) is 3.96. The van der Waals surface area contributed by atoms with Gasteiger partial charge in [-0.1, -0.05) is 30.3 Å². The van der Waals surface area contributed by atoms with Crippen LogP contribution < -0.4 is 15.9 Å². The summed E-state index contributed by atoms with van der Waals surface area (Å²) in [6.07, 6.45) is 0.895. The number of carbonyl (C=O) groups excluding carboxylic acids is 2. The van der Waals surface area contributed by atoms with Crippen LogP contribution in [0.25, 0.3) is 0 Å². The lowest BCUT2D eigenvalue weighted by Gasteiger charge is -2.32. The van der Waals surface area contributed by atoms with E-state index in [0.29, 0.717) is 19.7 Å². The highest BCUT2D eigenvalue weighted by molar-refractivity contribution is 5.98. The highest BCUT2D eigenvalue weighted by Crippen LogP contribution is 2.27. The molecule has 0 spiro atoms. The molecule has 2 aromatic rings. The number of hydrogen-bond donors (Lipinski definition) is 1. The van der Waals surface area contributed by atoms with Crippen molar-refractivity contribution in [2.24, 2.45) is 5.73 Å². The monoisotopic (exact) mass is 355 g/mol. The average Bonchev–Trinajstić information content (AvgIpc) is 3.10. The van der Waals surface area contributed by atoms with Gasteiger partial charge in [0.1, 0.15) is 12.2 Å². The van der Waals surface area contributed by atoms with Crippen molar-refractivity contribution in [3.8, 4) is 5.75 Å². The van der Waals surface area contributed by atoms with E-state index in [-0.39, 0.29) is 29.5 Å². The van der Waals surface area contributed by atoms with Crippen molar-refractivity contribution in [1.82, 2.24) is 9.47 Å². The molecule has 1 atom stereocenters. The fourth-order valence-electron chi connectivity index (χ4n) is 3.25. The van der Waals surface area contributed by atoms with Gasteiger partial charge >= 0.3 is 0 Å². The number of nitrogens with two attached hydrogens (primary N) is 1. The van der Waals surface area contributed by atoms with Crippen molar-refractivity contribution in [3.63, 3.8) is 0 Å². The van der Waals surface area contributed by atoms with Crippen molar-refractivity contribution in [2.45, 2.75) is 19.4 Å². The number of benzene rings is 1. The Morgan fingerprint density at radius 3 is 2.77 bits per heavy atom. The minimum Gasteiger partial charge on any atom is -0.483 e. The first-order valence-electron chi connectivity index (χ1n) is 8.23. The zero-order valence-corrected chi connectivity index (χ0v) is 13.9. The molecule has 1 aromatic carbocycles. The highest BCUT2D eigenvalue weighted by atomic mass is 16.5. The van der Waals surface area contributed by atoms with E-state index in [1.807, 2.05) is 30.3 Å². The molecule has 2 aliphatic heterocycles. The summed E-state index contributed by atoms with van der Waals surface area (Å²) in [5.41, 5.74) is 5.40. The van der Waals surface area contributed by atoms with Crippen LogP contribution in [-0.4, -0.2) is 40.7 Å². The van der Waals surface area contributed by atoms with Gasteiger partial charge in [-0.15, -0.1) is 0 Å². The van der Waals surface area contributed by atoms with Gasteiger partial charge < -0.3 is 24.7 Å². The van der Waals surface area contributed by atoms with Gasteiger partial charge in [-0.05, 0) is 5.56 Å². The number of fused-ring (bicyclic) bond motifs is 2. The summed E-state index contributed by atoms with van der Waals surface area (Å²) in [7, 11) is 0. The Labute approximate surface area is 148 Å². The zero-order valence-electron chi connectivity index (χ0n) is 13.9. The fourth-order valence-corrected chi connectivity index (χ4v) is 3.25. The maximum atomic E-state index is 12.9. The Morgan fingerprint density at radius 1 is 1.27 bits per heavy atom. The smallest absolute Gasteiger partial charge is 0.276 e. The topological polar surface area (TPSA) is 104 Å². The molecule has 0 bridgehead atoms. The summed E-state index contributed by atoms with van der Waals surface area (Å²) in [4.78, 5) is 38.8. The van der Waals surface area contributed by atoms with E-state index in [9.17, 15) is 14.4 Å². The van der Waals surface area contributed by atoms with Crippen LogP contribution in [0.3, 0.4) is 0 Å². The summed E-state index contributed by atoms with van der Waals surface area (Å²) < 4.78 is 12.8. The first kappa shape index (κ1) is 16.3. The Morgan fingerprint density at radius 2 is 2.04 bits per heavy atom. The molecule has 2 amide bonds. The van der Waals surface area contributed by atoms with Gasteiger partial charge in [-0.2, -0.15) is 0 Å². The summed E-state index contributed by atoms with van der Waals surface area (Å²) in [5.74, 6) is -1.37. The quantitative estimate of drug-likeness (QED) is 0.852. The molecule has 0 saturated carbocycles. The molecule has 4 rings (SSSR count). The summed E-state index contributed by atoms with van der Waals surface area (Å²) in [5, 5.41) is 0. The number of primary amides is 1. The fraction of sp³-hybridized carbons (Fsp3) is 0.278. The molecular formula is C18H17N3O5. The van der Waals surface area contributed by atoms with Crippen LogP contribution in [0.15, 0.2) is 41.3 Å². The van der Waals surface area contributed by atoms with Crippen LogP contribution in [0.2, 0.25) is 0 Å². The second-order valence-electron chi connectivity index (χ2n) is 6.16. The third kappa shape index (κ3) is 2.64. The number of nitrogens with zero attached hydrogens (tertiary/aromatic N) is 2. The van der Waals surface area contributed by atoms with Gasteiger partial charge in [0.15, 0.2) is 17.7 Å². The lowest BCUT2D eigenvalue weighted by Crippen LogP contribution is -2.46. The van der Waals surface area contributed by atoms with Crippen LogP contribution in [0, 0.1) is 0 Å². The lowest BCUT2D eigenvalue weighted by atomic mass is 10.1. The van der Waals surface area contributed by atoms with Gasteiger partial charge in [0, 0.05) is 12.7 Å². The van der Waals surface area contributed by atoms with Crippen molar-refractivity contribution in [3.05, 3.63) is 63.6 Å². The number of carbonyl (C=O) groups is 2. The van der Waals surface area contributed by atoms with E-state index in [0.717, 1.165) is 5.56 Å². The molecule has 0 radical (unpaired) electrons. The largest absolute Gasteiger partial charge is 0.483 e. The van der Waals surface area contributed by atoms with Crippen LogP contribution >= 0.6 is 0 Å². The second-order valence-corrected chi connectivity index (χ2v) is 6.16. The number of pyridine rings is 1. The minimum absolute atomic E-state index is 0.0957. The van der Waals surface area contributed by atoms with Crippen LogP contribution in [0.4, 0.5) is 0 Å². The van der Waals surface area contributed by atoms with E-state index in [4.69, 9.17) is 15.2 Å². The van der Waals surface area contributed by atoms with Crippen molar-refractivity contribution >= 4 is 11.8 Å². The average molecular weight is 355 g/mol. The maximum Gasteiger partial charge on any atom is 0.276 e. The molecule has 2 aliphatic rings. The van der Waals surface area contributed by atoms with Gasteiger partial charge in [-0.25, -0.2) is 0 Å². The molecule has 2 N–H and O–H groups in total. The normalized spacial score (nSPS) is 18.4. The third-order valence-corrected chi connectivity index (χ3v) is 4.54. The van der Waals surface area contributed by atoms with Crippen LogP contribution in [-0.2, 0) is 17.9 Å². The molecule has 134 valence electrons. The summed E-state index contributed by atoms with van der Waals surface area (Å²) >= 11 is 0. The van der Waals surface area contributed by atoms with E-state index in [1.54, 1.807) is 4.90 Å². The zero-order chi connectivity index (χ0) is 18.3. The number of ether oxygens (including phenoxy) is 2. The molecule has 3 heterocycles. The molecule has 0 aliphatic carbocycles. The van der Waals surface area contributed by atoms with Crippen LogP contribution in [0.5, 0.6) is 5.75 Å². The maximum absolute atomic E-state index is 12.9. The van der Waals surface area contributed by atoms with Crippen molar-refractivity contribution < 1.29 is 19.1 Å². The Bertz CT molecular complexity index is 938. The molecule has 1 saturated heterocycles. The third-order valence-electron chi connectivity index (χ3n) is 4.54. The number of hydrogen-bond acceptors (Lipinski definition) is 5. The molecular weight excluding hydrogens is 338 g/mol. The van der Waals surface area contributed by atoms with Crippen LogP contribution in [0.1, 0.15) is 26.4 Å². The van der Waals surface area contributed by atoms with E-state index in [2.05, 4.69) is 0 Å². The number of rotatable bonds is 4. The first-order valence-corrected chi connectivity index (χ1v) is 8.23. The highest BCUT2D eigenvalue weighted by Gasteiger charge is 2.39. The van der Waals surface area contributed by atoms with Gasteiger partial charge in [0.25, 0.3) is 11.8 Å². The van der Waals surface area contributed by atoms with E-state index in [1.165, 1.54) is 10.8 Å². The summed E-state index contributed by atoms with van der Waals surface area (Å²) in [6, 6.07) is 9.24. The Hall–Kier alpha value is -3.13. The SMILES string of the molecule is NC(=O)c1cn2c(c(OCc3ccccc3)c1=O)C(=O)N1CCOC1C2. The van der Waals surface area contributed by atoms with E-state index < -0.39 is 17.6 Å². The lowest BCUT2D eigenvalue weighted by molar-refractivity contribution is 0.00824. The number of aromatic nitrogens is 1. The van der Waals surface area contributed by atoms with Gasteiger partial charge in [0.05, 0.1) is 13.2 Å². The number of amides is 2. The minimum atomic E-state index is -0.864. The van der Waals surface area contributed by atoms with Crippen molar-refractivity contribution in [2.75, 3.05) is 13.2 Å². The second kappa shape index (κ2) is 6.30. The molecule has 1 aromatic heterocycles. The summed E-state index contributed by atoms with van der Waals surface area (Å²) in [6.45, 7) is 1.29. The molecule has 1 fully saturated rings. The van der Waals surface area contributed by atoms with Gasteiger partial charge in [-0.3, -0.25) is 14.4 Å². The van der Waals surface area contributed by atoms with Crippen molar-refractivity contribution in [1.29, 1.82) is 0 Å². The molecule has 8 heteroatoms.